The highest BCUT2D eigenvalue weighted by molar-refractivity contribution is 5.83. The molecule has 0 atom stereocenters. The third-order valence-electron chi connectivity index (χ3n) is 4.63. The second kappa shape index (κ2) is 7.58. The lowest BCUT2D eigenvalue weighted by Crippen LogP contribution is -2.23. The van der Waals surface area contributed by atoms with Gasteiger partial charge in [0.25, 0.3) is 0 Å². The number of ether oxygens (including phenoxy) is 1. The SMILES string of the molecule is CCCC1CCC(C(=O)Cc2cccc(OC)c2F)CC1. The van der Waals surface area contributed by atoms with Crippen LogP contribution in [0.25, 0.3) is 0 Å². The van der Waals surface area contributed by atoms with Crippen LogP contribution in [0.4, 0.5) is 4.39 Å². The van der Waals surface area contributed by atoms with Gasteiger partial charge in [-0.3, -0.25) is 4.79 Å². The van der Waals surface area contributed by atoms with Crippen molar-refractivity contribution in [2.75, 3.05) is 7.11 Å². The van der Waals surface area contributed by atoms with E-state index in [-0.39, 0.29) is 23.9 Å². The molecule has 0 amide bonds. The van der Waals surface area contributed by atoms with Crippen LogP contribution in [0.2, 0.25) is 0 Å². The molecule has 0 aliphatic heterocycles. The molecule has 1 fully saturated rings. The Morgan fingerprint density at radius 3 is 2.62 bits per heavy atom. The lowest BCUT2D eigenvalue weighted by Gasteiger charge is -2.27. The minimum absolute atomic E-state index is 0.115. The van der Waals surface area contributed by atoms with Crippen molar-refractivity contribution in [1.29, 1.82) is 0 Å². The number of carbonyl (C=O) groups excluding carboxylic acids is 1. The fourth-order valence-electron chi connectivity index (χ4n) is 3.36. The zero-order chi connectivity index (χ0) is 15.2. The van der Waals surface area contributed by atoms with Gasteiger partial charge in [0.2, 0.25) is 0 Å². The van der Waals surface area contributed by atoms with Gasteiger partial charge in [0.15, 0.2) is 11.6 Å². The van der Waals surface area contributed by atoms with Gasteiger partial charge in [0, 0.05) is 12.3 Å². The van der Waals surface area contributed by atoms with E-state index in [9.17, 15) is 9.18 Å². The van der Waals surface area contributed by atoms with Crippen LogP contribution in [0, 0.1) is 17.7 Å². The first-order valence-corrected chi connectivity index (χ1v) is 7.99. The number of halogens is 1. The third-order valence-corrected chi connectivity index (χ3v) is 4.63. The van der Waals surface area contributed by atoms with E-state index in [0.29, 0.717) is 5.56 Å². The third kappa shape index (κ3) is 4.05. The van der Waals surface area contributed by atoms with E-state index in [0.717, 1.165) is 31.6 Å². The summed E-state index contributed by atoms with van der Waals surface area (Å²) < 4.78 is 19.1. The van der Waals surface area contributed by atoms with Crippen LogP contribution >= 0.6 is 0 Å². The maximum absolute atomic E-state index is 14.1. The van der Waals surface area contributed by atoms with Crippen molar-refractivity contribution in [2.24, 2.45) is 11.8 Å². The van der Waals surface area contributed by atoms with Gasteiger partial charge in [-0.2, -0.15) is 0 Å². The molecule has 0 radical (unpaired) electrons. The van der Waals surface area contributed by atoms with Crippen LogP contribution in [0.1, 0.15) is 51.0 Å². The zero-order valence-electron chi connectivity index (χ0n) is 13.0. The Hall–Kier alpha value is -1.38. The molecule has 0 aromatic heterocycles. The number of ketones is 1. The molecule has 0 heterocycles. The van der Waals surface area contributed by atoms with Crippen molar-refractivity contribution in [2.45, 2.75) is 51.9 Å². The van der Waals surface area contributed by atoms with E-state index in [4.69, 9.17) is 4.74 Å². The molecule has 116 valence electrons. The lowest BCUT2D eigenvalue weighted by atomic mass is 9.77. The van der Waals surface area contributed by atoms with Gasteiger partial charge < -0.3 is 4.74 Å². The second-order valence-electron chi connectivity index (χ2n) is 6.08. The van der Waals surface area contributed by atoms with Crippen molar-refractivity contribution in [3.8, 4) is 5.75 Å². The first-order chi connectivity index (χ1) is 10.2. The second-order valence-corrected chi connectivity index (χ2v) is 6.08. The quantitative estimate of drug-likeness (QED) is 0.768. The van der Waals surface area contributed by atoms with Crippen LogP contribution in [0.5, 0.6) is 5.75 Å². The largest absolute Gasteiger partial charge is 0.494 e. The molecule has 21 heavy (non-hydrogen) atoms. The highest BCUT2D eigenvalue weighted by atomic mass is 19.1. The average molecular weight is 292 g/mol. The summed E-state index contributed by atoms with van der Waals surface area (Å²) in [5.41, 5.74) is 0.454. The Morgan fingerprint density at radius 1 is 1.29 bits per heavy atom. The summed E-state index contributed by atoms with van der Waals surface area (Å²) in [6.07, 6.45) is 6.90. The summed E-state index contributed by atoms with van der Waals surface area (Å²) in [5, 5.41) is 0. The number of benzene rings is 1. The molecular formula is C18H25FO2. The Kier molecular flexibility index (Phi) is 5.77. The fraction of sp³-hybridized carbons (Fsp3) is 0.611. The summed E-state index contributed by atoms with van der Waals surface area (Å²) >= 11 is 0. The molecular weight excluding hydrogens is 267 g/mol. The zero-order valence-corrected chi connectivity index (χ0v) is 13.0. The summed E-state index contributed by atoms with van der Waals surface area (Å²) in [7, 11) is 1.44. The molecule has 1 aromatic rings. The standard InChI is InChI=1S/C18H25FO2/c1-3-5-13-8-10-14(11-9-13)16(20)12-15-6-4-7-17(21-2)18(15)19/h4,6-7,13-14H,3,5,8-12H2,1-2H3. The number of hydrogen-bond acceptors (Lipinski definition) is 2. The summed E-state index contributed by atoms with van der Waals surface area (Å²) in [5.74, 6) is 0.897. The molecule has 0 unspecified atom stereocenters. The number of Topliss-reactive ketones (excluding diaryl/α,β-unsaturated/α-hetero) is 1. The van der Waals surface area contributed by atoms with Gasteiger partial charge in [-0.1, -0.05) is 31.9 Å². The number of hydrogen-bond donors (Lipinski definition) is 0. The van der Waals surface area contributed by atoms with E-state index in [1.54, 1.807) is 18.2 Å². The molecule has 2 rings (SSSR count). The summed E-state index contributed by atoms with van der Waals surface area (Å²) in [6, 6.07) is 5.00. The topological polar surface area (TPSA) is 26.3 Å². The number of rotatable bonds is 6. The van der Waals surface area contributed by atoms with Crippen LogP contribution in [-0.4, -0.2) is 12.9 Å². The van der Waals surface area contributed by atoms with E-state index in [1.165, 1.54) is 20.0 Å². The molecule has 0 saturated heterocycles. The molecule has 3 heteroatoms. The molecule has 1 saturated carbocycles. The smallest absolute Gasteiger partial charge is 0.168 e. The van der Waals surface area contributed by atoms with Gasteiger partial charge in [-0.05, 0) is 43.2 Å². The summed E-state index contributed by atoms with van der Waals surface area (Å²) in [6.45, 7) is 2.21. The fourth-order valence-corrected chi connectivity index (χ4v) is 3.36. The number of methoxy groups -OCH3 is 1. The van der Waals surface area contributed by atoms with Crippen LogP contribution in [-0.2, 0) is 11.2 Å². The van der Waals surface area contributed by atoms with Crippen molar-refractivity contribution < 1.29 is 13.9 Å². The lowest BCUT2D eigenvalue weighted by molar-refractivity contribution is -0.123. The minimum atomic E-state index is -0.395. The maximum atomic E-state index is 14.1. The van der Waals surface area contributed by atoms with Gasteiger partial charge >= 0.3 is 0 Å². The highest BCUT2D eigenvalue weighted by Crippen LogP contribution is 2.33. The minimum Gasteiger partial charge on any atom is -0.494 e. The Morgan fingerprint density at radius 2 is 2.00 bits per heavy atom. The molecule has 2 nitrogen and oxygen atoms in total. The van der Waals surface area contributed by atoms with Gasteiger partial charge in [0.05, 0.1) is 7.11 Å². The van der Waals surface area contributed by atoms with E-state index < -0.39 is 5.82 Å². The number of carbonyl (C=O) groups is 1. The summed E-state index contributed by atoms with van der Waals surface area (Å²) in [4.78, 5) is 12.4. The Labute approximate surface area is 126 Å². The van der Waals surface area contributed by atoms with E-state index in [2.05, 4.69) is 6.92 Å². The maximum Gasteiger partial charge on any atom is 0.168 e. The first kappa shape index (κ1) is 16.0. The molecule has 0 bridgehead atoms. The molecule has 1 aliphatic carbocycles. The Bertz CT molecular complexity index is 476. The van der Waals surface area contributed by atoms with E-state index >= 15 is 0 Å². The predicted molar refractivity (Wildman–Crippen MR) is 82.0 cm³/mol. The van der Waals surface area contributed by atoms with Crippen molar-refractivity contribution in [3.05, 3.63) is 29.6 Å². The molecule has 1 aromatic carbocycles. The molecule has 1 aliphatic rings. The average Bonchev–Trinajstić information content (AvgIpc) is 2.50. The van der Waals surface area contributed by atoms with Gasteiger partial charge in [-0.15, -0.1) is 0 Å². The normalized spacial score (nSPS) is 22.0. The van der Waals surface area contributed by atoms with Crippen molar-refractivity contribution in [3.63, 3.8) is 0 Å². The molecule has 0 N–H and O–H groups in total. The van der Waals surface area contributed by atoms with Gasteiger partial charge in [-0.25, -0.2) is 4.39 Å². The predicted octanol–water partition coefficient (Wildman–Crippen LogP) is 4.55. The van der Waals surface area contributed by atoms with Crippen molar-refractivity contribution >= 4 is 5.78 Å². The van der Waals surface area contributed by atoms with Gasteiger partial charge in [0.1, 0.15) is 5.78 Å². The van der Waals surface area contributed by atoms with Crippen LogP contribution < -0.4 is 4.74 Å². The van der Waals surface area contributed by atoms with E-state index in [1.807, 2.05) is 0 Å². The van der Waals surface area contributed by atoms with Crippen LogP contribution in [0.3, 0.4) is 0 Å². The highest BCUT2D eigenvalue weighted by Gasteiger charge is 2.26. The van der Waals surface area contributed by atoms with Crippen LogP contribution in [0.15, 0.2) is 18.2 Å². The Balaban J connectivity index is 1.93. The first-order valence-electron chi connectivity index (χ1n) is 7.99. The molecule has 0 spiro atoms. The van der Waals surface area contributed by atoms with Crippen molar-refractivity contribution in [1.82, 2.24) is 0 Å². The monoisotopic (exact) mass is 292 g/mol.